The Hall–Kier alpha value is -1.34. The van der Waals surface area contributed by atoms with Crippen molar-refractivity contribution in [3.8, 4) is 0 Å². The summed E-state index contributed by atoms with van der Waals surface area (Å²) >= 11 is 3.09. The number of nitrogens with zero attached hydrogens (tertiary/aromatic N) is 2. The predicted molar refractivity (Wildman–Crippen MR) is 96.3 cm³/mol. The fraction of sp³-hybridized carbons (Fsp3) is 0.562. The fourth-order valence-corrected chi connectivity index (χ4v) is 4.72. The van der Waals surface area contributed by atoms with Crippen molar-refractivity contribution in [2.75, 3.05) is 13.1 Å². The molecule has 0 saturated carbocycles. The zero-order chi connectivity index (χ0) is 16.6. The fourth-order valence-electron chi connectivity index (χ4n) is 2.84. The number of aromatic amines is 1. The topological polar surface area (TPSA) is 66.1 Å². The molecule has 2 aromatic rings. The van der Waals surface area contributed by atoms with E-state index in [1.165, 1.54) is 11.8 Å². The van der Waals surface area contributed by atoms with Gasteiger partial charge in [-0.1, -0.05) is 0 Å². The molecule has 3 heterocycles. The standard InChI is InChI=1S/C16H21N3O2S2/c1-9-10(2)23-15-13(9)14(20)17-12(18-15)8-22-11(3)16(21)19-6-4-5-7-19/h11H,4-8H2,1-3H3,(H,17,18,20). The Kier molecular flexibility index (Phi) is 4.77. The number of thiophene rings is 1. The van der Waals surface area contributed by atoms with Gasteiger partial charge in [0.15, 0.2) is 0 Å². The number of hydrogen-bond acceptors (Lipinski definition) is 5. The van der Waals surface area contributed by atoms with Gasteiger partial charge in [0, 0.05) is 18.0 Å². The summed E-state index contributed by atoms with van der Waals surface area (Å²) in [4.78, 5) is 35.8. The SMILES string of the molecule is Cc1sc2nc(CSC(C)C(=O)N3CCCC3)[nH]c(=O)c2c1C. The Balaban J connectivity index is 1.72. The van der Waals surface area contributed by atoms with Crippen LogP contribution in [0.4, 0.5) is 0 Å². The van der Waals surface area contributed by atoms with Crippen LogP contribution in [-0.2, 0) is 10.5 Å². The van der Waals surface area contributed by atoms with Crippen molar-refractivity contribution in [2.24, 2.45) is 0 Å². The lowest BCUT2D eigenvalue weighted by Crippen LogP contribution is -2.34. The molecule has 0 aliphatic carbocycles. The first-order valence-corrected chi connectivity index (χ1v) is 9.73. The van der Waals surface area contributed by atoms with E-state index in [1.54, 1.807) is 11.3 Å². The van der Waals surface area contributed by atoms with Gasteiger partial charge in [0.2, 0.25) is 5.91 Å². The van der Waals surface area contributed by atoms with E-state index in [0.717, 1.165) is 41.2 Å². The number of rotatable bonds is 4. The summed E-state index contributed by atoms with van der Waals surface area (Å²) in [6.07, 6.45) is 2.21. The molecule has 1 saturated heterocycles. The van der Waals surface area contributed by atoms with E-state index >= 15 is 0 Å². The number of H-pyrrole nitrogens is 1. The first-order chi connectivity index (χ1) is 11.0. The molecule has 3 rings (SSSR count). The summed E-state index contributed by atoms with van der Waals surface area (Å²) in [6, 6.07) is 0. The third-order valence-corrected chi connectivity index (χ3v) is 6.57. The minimum Gasteiger partial charge on any atom is -0.342 e. The molecule has 1 amide bonds. The highest BCUT2D eigenvalue weighted by Crippen LogP contribution is 2.27. The highest BCUT2D eigenvalue weighted by molar-refractivity contribution is 7.99. The molecule has 7 heteroatoms. The highest BCUT2D eigenvalue weighted by Gasteiger charge is 2.23. The van der Waals surface area contributed by atoms with Crippen molar-refractivity contribution in [3.05, 3.63) is 26.6 Å². The van der Waals surface area contributed by atoms with Crippen molar-refractivity contribution < 1.29 is 4.79 Å². The summed E-state index contributed by atoms with van der Waals surface area (Å²) < 4.78 is 0. The Morgan fingerprint density at radius 2 is 2.09 bits per heavy atom. The highest BCUT2D eigenvalue weighted by atomic mass is 32.2. The molecule has 1 unspecified atom stereocenters. The van der Waals surface area contributed by atoms with E-state index in [0.29, 0.717) is 17.0 Å². The van der Waals surface area contributed by atoms with E-state index in [9.17, 15) is 9.59 Å². The molecule has 0 spiro atoms. The van der Waals surface area contributed by atoms with Crippen LogP contribution in [0.3, 0.4) is 0 Å². The van der Waals surface area contributed by atoms with Crippen LogP contribution in [0.25, 0.3) is 10.2 Å². The molecule has 0 aromatic carbocycles. The third-order valence-electron chi connectivity index (χ3n) is 4.32. The van der Waals surface area contributed by atoms with Crippen molar-refractivity contribution in [2.45, 2.75) is 44.6 Å². The van der Waals surface area contributed by atoms with Crippen molar-refractivity contribution in [1.82, 2.24) is 14.9 Å². The molecule has 2 aromatic heterocycles. The van der Waals surface area contributed by atoms with E-state index in [1.807, 2.05) is 25.7 Å². The van der Waals surface area contributed by atoms with Crippen LogP contribution < -0.4 is 5.56 Å². The van der Waals surface area contributed by atoms with Crippen LogP contribution in [0.1, 0.15) is 36.0 Å². The van der Waals surface area contributed by atoms with Gasteiger partial charge in [0.05, 0.1) is 16.4 Å². The second kappa shape index (κ2) is 6.65. The van der Waals surface area contributed by atoms with E-state index in [2.05, 4.69) is 9.97 Å². The minimum absolute atomic E-state index is 0.0778. The van der Waals surface area contributed by atoms with Gasteiger partial charge in [0.1, 0.15) is 10.7 Å². The molecule has 1 fully saturated rings. The number of aromatic nitrogens is 2. The van der Waals surface area contributed by atoms with Gasteiger partial charge in [-0.15, -0.1) is 23.1 Å². The molecule has 1 aliphatic heterocycles. The predicted octanol–water partition coefficient (Wildman–Crippen LogP) is 2.85. The number of aryl methyl sites for hydroxylation is 2. The molecule has 0 bridgehead atoms. The second-order valence-electron chi connectivity index (χ2n) is 5.96. The van der Waals surface area contributed by atoms with Crippen LogP contribution in [0.5, 0.6) is 0 Å². The van der Waals surface area contributed by atoms with E-state index in [-0.39, 0.29) is 16.7 Å². The number of thioether (sulfide) groups is 1. The summed E-state index contributed by atoms with van der Waals surface area (Å²) in [7, 11) is 0. The summed E-state index contributed by atoms with van der Waals surface area (Å²) in [5, 5.41) is 0.586. The molecule has 5 nitrogen and oxygen atoms in total. The maximum absolute atomic E-state index is 12.3. The van der Waals surface area contributed by atoms with Gasteiger partial charge in [-0.25, -0.2) is 4.98 Å². The molecule has 0 radical (unpaired) electrons. The van der Waals surface area contributed by atoms with Crippen LogP contribution in [0, 0.1) is 13.8 Å². The van der Waals surface area contributed by atoms with Gasteiger partial charge in [-0.3, -0.25) is 9.59 Å². The lowest BCUT2D eigenvalue weighted by Gasteiger charge is -2.19. The van der Waals surface area contributed by atoms with Crippen molar-refractivity contribution >= 4 is 39.2 Å². The Labute approximate surface area is 143 Å². The number of nitrogens with one attached hydrogen (secondary N) is 1. The molecule has 23 heavy (non-hydrogen) atoms. The van der Waals surface area contributed by atoms with Gasteiger partial charge in [-0.05, 0) is 39.2 Å². The number of carbonyl (C=O) groups excluding carboxylic acids is 1. The average Bonchev–Trinajstić information content (AvgIpc) is 3.13. The molecule has 1 N–H and O–H groups in total. The lowest BCUT2D eigenvalue weighted by molar-refractivity contribution is -0.129. The van der Waals surface area contributed by atoms with E-state index < -0.39 is 0 Å². The lowest BCUT2D eigenvalue weighted by atomic mass is 10.2. The maximum Gasteiger partial charge on any atom is 0.259 e. The minimum atomic E-state index is -0.110. The number of fused-ring (bicyclic) bond motifs is 1. The largest absolute Gasteiger partial charge is 0.342 e. The Morgan fingerprint density at radius 3 is 2.78 bits per heavy atom. The summed E-state index contributed by atoms with van der Waals surface area (Å²) in [6.45, 7) is 7.64. The number of likely N-dealkylation sites (tertiary alicyclic amines) is 1. The molecule has 124 valence electrons. The van der Waals surface area contributed by atoms with Gasteiger partial charge in [0.25, 0.3) is 5.56 Å². The van der Waals surface area contributed by atoms with Gasteiger partial charge in [-0.2, -0.15) is 0 Å². The third kappa shape index (κ3) is 3.30. The van der Waals surface area contributed by atoms with Crippen LogP contribution in [0.2, 0.25) is 0 Å². The number of amides is 1. The van der Waals surface area contributed by atoms with Crippen molar-refractivity contribution in [3.63, 3.8) is 0 Å². The molecular formula is C16H21N3O2S2. The summed E-state index contributed by atoms with van der Waals surface area (Å²) in [5.74, 6) is 1.38. The molecule has 1 atom stereocenters. The Morgan fingerprint density at radius 1 is 1.39 bits per heavy atom. The second-order valence-corrected chi connectivity index (χ2v) is 8.49. The quantitative estimate of drug-likeness (QED) is 0.920. The zero-order valence-corrected chi connectivity index (χ0v) is 15.3. The molecule has 1 aliphatic rings. The average molecular weight is 351 g/mol. The molecular weight excluding hydrogens is 330 g/mol. The van der Waals surface area contributed by atoms with Crippen LogP contribution in [0.15, 0.2) is 4.79 Å². The first-order valence-electron chi connectivity index (χ1n) is 7.86. The van der Waals surface area contributed by atoms with Crippen LogP contribution in [-0.4, -0.2) is 39.1 Å². The van der Waals surface area contributed by atoms with E-state index in [4.69, 9.17) is 0 Å². The normalized spacial score (nSPS) is 16.2. The number of hydrogen-bond donors (Lipinski definition) is 1. The maximum atomic E-state index is 12.3. The van der Waals surface area contributed by atoms with Crippen molar-refractivity contribution in [1.29, 1.82) is 0 Å². The Bertz CT molecular complexity index is 790. The monoisotopic (exact) mass is 351 g/mol. The first kappa shape index (κ1) is 16.5. The van der Waals surface area contributed by atoms with Gasteiger partial charge >= 0.3 is 0 Å². The number of carbonyl (C=O) groups is 1. The smallest absolute Gasteiger partial charge is 0.259 e. The van der Waals surface area contributed by atoms with Gasteiger partial charge < -0.3 is 9.88 Å². The zero-order valence-electron chi connectivity index (χ0n) is 13.6. The summed E-state index contributed by atoms with van der Waals surface area (Å²) in [5.41, 5.74) is 0.932. The van der Waals surface area contributed by atoms with Crippen LogP contribution >= 0.6 is 23.1 Å².